The highest BCUT2D eigenvalue weighted by Gasteiger charge is 2.09. The highest BCUT2D eigenvalue weighted by Crippen LogP contribution is 2.17. The highest BCUT2D eigenvalue weighted by molar-refractivity contribution is 8.13. The van der Waals surface area contributed by atoms with Crippen LogP contribution in [0.15, 0.2) is 89.1 Å². The number of rotatable bonds is 10. The monoisotopic (exact) mass is 490 g/mol. The molecule has 3 aromatic carbocycles. The lowest BCUT2D eigenvalue weighted by Crippen LogP contribution is -2.20. The molecule has 3 aromatic rings. The summed E-state index contributed by atoms with van der Waals surface area (Å²) in [5, 5.41) is 11.1. The quantitative estimate of drug-likeness (QED) is 0.188. The molecular weight excluding hydrogens is 464 g/mol. The van der Waals surface area contributed by atoms with Gasteiger partial charge in [-0.15, -0.1) is 5.10 Å². The van der Waals surface area contributed by atoms with E-state index in [0.29, 0.717) is 40.1 Å². The number of nitrogens with one attached hydrogen (secondary N) is 1. The number of para-hydroxylation sites is 1. The zero-order valence-electron chi connectivity index (χ0n) is 19.2. The smallest absolute Gasteiger partial charge is 0.338 e. The predicted molar refractivity (Wildman–Crippen MR) is 140 cm³/mol. The summed E-state index contributed by atoms with van der Waals surface area (Å²) in [7, 11) is 0. The van der Waals surface area contributed by atoms with Gasteiger partial charge in [0.15, 0.2) is 11.8 Å². The molecule has 1 amide bonds. The molecular formula is C26H26N4O4S. The van der Waals surface area contributed by atoms with E-state index in [9.17, 15) is 9.59 Å². The van der Waals surface area contributed by atoms with Crippen molar-refractivity contribution in [3.63, 3.8) is 0 Å². The summed E-state index contributed by atoms with van der Waals surface area (Å²) in [4.78, 5) is 24.0. The molecule has 9 heteroatoms. The van der Waals surface area contributed by atoms with Crippen molar-refractivity contribution in [2.24, 2.45) is 15.9 Å². The third kappa shape index (κ3) is 8.63. The molecule has 0 aromatic heterocycles. The Morgan fingerprint density at radius 1 is 1.00 bits per heavy atom. The molecule has 8 nitrogen and oxygen atoms in total. The molecule has 0 saturated carbocycles. The minimum atomic E-state index is -0.409. The van der Waals surface area contributed by atoms with Crippen LogP contribution in [-0.2, 0) is 15.3 Å². The second kappa shape index (κ2) is 13.6. The van der Waals surface area contributed by atoms with Crippen LogP contribution < -0.4 is 15.8 Å². The number of carbonyl (C=O) groups is 2. The van der Waals surface area contributed by atoms with E-state index in [-0.39, 0.29) is 12.5 Å². The zero-order chi connectivity index (χ0) is 24.9. The number of nitrogens with zero attached hydrogens (tertiary/aromatic N) is 2. The number of hydrogen-bond acceptors (Lipinski definition) is 7. The van der Waals surface area contributed by atoms with Crippen molar-refractivity contribution in [3.8, 4) is 5.75 Å². The van der Waals surface area contributed by atoms with Gasteiger partial charge in [0.1, 0.15) is 5.75 Å². The lowest BCUT2D eigenvalue weighted by Gasteiger charge is -2.10. The fourth-order valence-electron chi connectivity index (χ4n) is 2.87. The van der Waals surface area contributed by atoms with Crippen LogP contribution >= 0.6 is 11.8 Å². The maximum Gasteiger partial charge on any atom is 0.338 e. The molecule has 180 valence electrons. The summed E-state index contributed by atoms with van der Waals surface area (Å²) in [6, 6.07) is 23.5. The van der Waals surface area contributed by atoms with E-state index >= 15 is 0 Å². The summed E-state index contributed by atoms with van der Waals surface area (Å²) in [5.74, 6) is 0.425. The van der Waals surface area contributed by atoms with Gasteiger partial charge in [0.05, 0.1) is 18.4 Å². The molecule has 0 spiro atoms. The predicted octanol–water partition coefficient (Wildman–Crippen LogP) is 4.46. The van der Waals surface area contributed by atoms with Crippen molar-refractivity contribution >= 4 is 40.7 Å². The van der Waals surface area contributed by atoms with Crippen LogP contribution in [0.1, 0.15) is 28.4 Å². The van der Waals surface area contributed by atoms with Crippen molar-refractivity contribution in [1.82, 2.24) is 0 Å². The molecule has 3 rings (SSSR count). The fourth-order valence-corrected chi connectivity index (χ4v) is 3.48. The number of carbonyl (C=O) groups excluding carboxylic acids is 2. The summed E-state index contributed by atoms with van der Waals surface area (Å²) >= 11 is 1.39. The zero-order valence-corrected chi connectivity index (χ0v) is 20.0. The Bertz CT molecular complexity index is 1180. The van der Waals surface area contributed by atoms with Gasteiger partial charge < -0.3 is 20.5 Å². The van der Waals surface area contributed by atoms with E-state index in [1.54, 1.807) is 49.4 Å². The van der Waals surface area contributed by atoms with Crippen LogP contribution in [0.5, 0.6) is 5.75 Å². The molecule has 0 atom stereocenters. The van der Waals surface area contributed by atoms with Crippen molar-refractivity contribution in [2.75, 3.05) is 18.5 Å². The molecule has 0 aliphatic carbocycles. The van der Waals surface area contributed by atoms with Crippen LogP contribution in [0.4, 0.5) is 5.69 Å². The first-order chi connectivity index (χ1) is 17.0. The third-order valence-corrected chi connectivity index (χ3v) is 5.40. The van der Waals surface area contributed by atoms with Gasteiger partial charge >= 0.3 is 5.97 Å². The fraction of sp³-hybridized carbons (Fsp3) is 0.154. The SMILES string of the molecule is CCOC(=O)c1ccc(NC(=O)COc2ccccc2C=NN=C(N)SCc2ccccc2)cc1. The second-order valence-electron chi connectivity index (χ2n) is 7.13. The number of ether oxygens (including phenoxy) is 2. The van der Waals surface area contributed by atoms with Gasteiger partial charge in [0.25, 0.3) is 5.91 Å². The van der Waals surface area contributed by atoms with Gasteiger partial charge in [-0.1, -0.05) is 54.2 Å². The Morgan fingerprint density at radius 3 is 2.46 bits per heavy atom. The number of benzene rings is 3. The van der Waals surface area contributed by atoms with Crippen molar-refractivity contribution < 1.29 is 19.1 Å². The Balaban J connectivity index is 1.51. The summed E-state index contributed by atoms with van der Waals surface area (Å²) < 4.78 is 10.6. The second-order valence-corrected chi connectivity index (χ2v) is 8.13. The van der Waals surface area contributed by atoms with E-state index in [4.69, 9.17) is 15.2 Å². The minimum absolute atomic E-state index is 0.206. The Hall–Kier alpha value is -4.11. The van der Waals surface area contributed by atoms with Crippen LogP contribution in [0.25, 0.3) is 0 Å². The minimum Gasteiger partial charge on any atom is -0.483 e. The van der Waals surface area contributed by atoms with Crippen LogP contribution in [0.3, 0.4) is 0 Å². The van der Waals surface area contributed by atoms with Gasteiger partial charge in [-0.2, -0.15) is 5.10 Å². The first kappa shape index (κ1) is 25.5. The maximum absolute atomic E-state index is 12.3. The Morgan fingerprint density at radius 2 is 1.71 bits per heavy atom. The average Bonchev–Trinajstić information content (AvgIpc) is 2.88. The van der Waals surface area contributed by atoms with Gasteiger partial charge in [-0.05, 0) is 48.9 Å². The van der Waals surface area contributed by atoms with Gasteiger partial charge in [0.2, 0.25) is 0 Å². The van der Waals surface area contributed by atoms with Crippen molar-refractivity contribution in [3.05, 3.63) is 95.6 Å². The lowest BCUT2D eigenvalue weighted by molar-refractivity contribution is -0.118. The summed E-state index contributed by atoms with van der Waals surface area (Å²) in [6.07, 6.45) is 1.53. The number of thioether (sulfide) groups is 1. The molecule has 0 saturated heterocycles. The molecule has 35 heavy (non-hydrogen) atoms. The number of hydrogen-bond donors (Lipinski definition) is 2. The maximum atomic E-state index is 12.3. The number of amidine groups is 1. The number of anilines is 1. The third-order valence-electron chi connectivity index (χ3n) is 4.54. The molecule has 0 heterocycles. The van der Waals surface area contributed by atoms with Crippen molar-refractivity contribution in [2.45, 2.75) is 12.7 Å². The topological polar surface area (TPSA) is 115 Å². The first-order valence-corrected chi connectivity index (χ1v) is 11.9. The number of esters is 1. The average molecular weight is 491 g/mol. The molecule has 0 aliphatic heterocycles. The normalized spacial score (nSPS) is 11.3. The molecule has 0 aliphatic rings. The van der Waals surface area contributed by atoms with E-state index in [2.05, 4.69) is 15.5 Å². The van der Waals surface area contributed by atoms with Crippen LogP contribution in [0, 0.1) is 0 Å². The van der Waals surface area contributed by atoms with E-state index in [1.807, 2.05) is 36.4 Å². The summed E-state index contributed by atoms with van der Waals surface area (Å²) in [6.45, 7) is 1.84. The van der Waals surface area contributed by atoms with Crippen LogP contribution in [-0.4, -0.2) is 36.5 Å². The molecule has 3 N–H and O–H groups in total. The Labute approximate surface area is 208 Å². The number of nitrogens with two attached hydrogens (primary N) is 1. The first-order valence-electron chi connectivity index (χ1n) is 10.9. The standard InChI is InChI=1S/C26H26N4O4S/c1-2-33-25(32)20-12-14-22(15-13-20)29-24(31)17-34-23-11-7-6-10-21(23)16-28-30-26(27)35-18-19-8-4-3-5-9-19/h3-16H,2,17-18H2,1H3,(H2,27,30)(H,29,31). The molecule has 0 fully saturated rings. The van der Waals surface area contributed by atoms with Crippen molar-refractivity contribution in [1.29, 1.82) is 0 Å². The van der Waals surface area contributed by atoms with E-state index in [0.717, 1.165) is 5.56 Å². The van der Waals surface area contributed by atoms with Crippen LogP contribution in [0.2, 0.25) is 0 Å². The van der Waals surface area contributed by atoms with E-state index < -0.39 is 5.97 Å². The van der Waals surface area contributed by atoms with Gasteiger partial charge in [-0.3, -0.25) is 4.79 Å². The molecule has 0 bridgehead atoms. The molecule has 0 unspecified atom stereocenters. The Kier molecular flexibility index (Phi) is 9.89. The largest absolute Gasteiger partial charge is 0.483 e. The van der Waals surface area contributed by atoms with E-state index in [1.165, 1.54) is 18.0 Å². The highest BCUT2D eigenvalue weighted by atomic mass is 32.2. The molecule has 0 radical (unpaired) electrons. The lowest BCUT2D eigenvalue weighted by atomic mass is 10.2. The van der Waals surface area contributed by atoms with Gasteiger partial charge in [-0.25, -0.2) is 4.79 Å². The summed E-state index contributed by atoms with van der Waals surface area (Å²) in [5.41, 5.74) is 8.68. The number of amides is 1. The van der Waals surface area contributed by atoms with Gasteiger partial charge in [0, 0.05) is 17.0 Å².